The molecule has 0 fully saturated rings. The zero-order valence-electron chi connectivity index (χ0n) is 10.1. The molecule has 1 aromatic heterocycles. The van der Waals surface area contributed by atoms with E-state index in [1.165, 1.54) is 12.5 Å². The molecule has 98 valence electrons. The number of hydrogen-bond acceptors (Lipinski definition) is 4. The van der Waals surface area contributed by atoms with Gasteiger partial charge in [0.15, 0.2) is 5.03 Å². The van der Waals surface area contributed by atoms with Crippen LogP contribution < -0.4 is 4.72 Å². The molecule has 0 saturated heterocycles. The average molecular weight is 261 g/mol. The van der Waals surface area contributed by atoms with Crippen LogP contribution in [-0.2, 0) is 16.6 Å². The summed E-state index contributed by atoms with van der Waals surface area (Å²) in [5.41, 5.74) is 0. The van der Waals surface area contributed by atoms with Gasteiger partial charge in [-0.1, -0.05) is 6.92 Å². The Hall–Kier alpha value is -0.920. The van der Waals surface area contributed by atoms with Crippen molar-refractivity contribution in [3.8, 4) is 0 Å². The number of aliphatic hydroxyl groups excluding tert-OH is 1. The highest BCUT2D eigenvalue weighted by molar-refractivity contribution is 7.89. The topological polar surface area (TPSA) is 84.2 Å². The molecule has 2 N–H and O–H groups in total. The SMILES string of the molecule is CCC(O)CCNS(=O)(=O)c1cn(CC)cn1. The number of sulfonamides is 1. The summed E-state index contributed by atoms with van der Waals surface area (Å²) in [6.45, 7) is 4.65. The Balaban J connectivity index is 2.56. The number of nitrogens with zero attached hydrogens (tertiary/aromatic N) is 2. The molecule has 0 amide bonds. The highest BCUT2D eigenvalue weighted by Crippen LogP contribution is 2.05. The lowest BCUT2D eigenvalue weighted by atomic mass is 10.2. The Kier molecular flexibility index (Phi) is 5.10. The van der Waals surface area contributed by atoms with Crippen LogP contribution in [0.5, 0.6) is 0 Å². The van der Waals surface area contributed by atoms with E-state index in [9.17, 15) is 13.5 Å². The van der Waals surface area contributed by atoms with E-state index in [0.717, 1.165) is 0 Å². The van der Waals surface area contributed by atoms with Gasteiger partial charge in [-0.2, -0.15) is 0 Å². The average Bonchev–Trinajstić information content (AvgIpc) is 2.77. The second-order valence-corrected chi connectivity index (χ2v) is 5.50. The van der Waals surface area contributed by atoms with Crippen LogP contribution in [0.15, 0.2) is 17.6 Å². The van der Waals surface area contributed by atoms with Crippen molar-refractivity contribution in [2.45, 2.75) is 44.4 Å². The van der Waals surface area contributed by atoms with Crippen LogP contribution in [0.25, 0.3) is 0 Å². The first-order valence-corrected chi connectivity index (χ1v) is 7.17. The first-order valence-electron chi connectivity index (χ1n) is 5.69. The second-order valence-electron chi connectivity index (χ2n) is 3.79. The number of aromatic nitrogens is 2. The molecule has 0 spiro atoms. The van der Waals surface area contributed by atoms with Crippen molar-refractivity contribution in [3.05, 3.63) is 12.5 Å². The van der Waals surface area contributed by atoms with Crippen molar-refractivity contribution < 1.29 is 13.5 Å². The summed E-state index contributed by atoms with van der Waals surface area (Å²) >= 11 is 0. The van der Waals surface area contributed by atoms with Gasteiger partial charge in [0.25, 0.3) is 10.0 Å². The summed E-state index contributed by atoms with van der Waals surface area (Å²) in [7, 11) is -3.55. The number of hydrogen-bond donors (Lipinski definition) is 2. The van der Waals surface area contributed by atoms with Gasteiger partial charge >= 0.3 is 0 Å². The Morgan fingerprint density at radius 2 is 2.24 bits per heavy atom. The van der Waals surface area contributed by atoms with Crippen LogP contribution in [0.2, 0.25) is 0 Å². The minimum Gasteiger partial charge on any atom is -0.393 e. The molecule has 1 aromatic rings. The molecule has 0 radical (unpaired) electrons. The normalized spacial score (nSPS) is 13.8. The third kappa shape index (κ3) is 4.10. The van der Waals surface area contributed by atoms with Gasteiger partial charge in [-0.15, -0.1) is 0 Å². The van der Waals surface area contributed by atoms with E-state index in [1.54, 1.807) is 4.57 Å². The lowest BCUT2D eigenvalue weighted by Crippen LogP contribution is -2.27. The maximum absolute atomic E-state index is 11.8. The molecule has 1 atom stereocenters. The van der Waals surface area contributed by atoms with Crippen LogP contribution in [0.3, 0.4) is 0 Å². The molecule has 1 heterocycles. The van der Waals surface area contributed by atoms with Crippen molar-refractivity contribution in [1.82, 2.24) is 14.3 Å². The maximum Gasteiger partial charge on any atom is 0.259 e. The fourth-order valence-corrected chi connectivity index (χ4v) is 2.28. The van der Waals surface area contributed by atoms with Crippen molar-refractivity contribution >= 4 is 10.0 Å². The number of aryl methyl sites for hydroxylation is 1. The molecule has 17 heavy (non-hydrogen) atoms. The summed E-state index contributed by atoms with van der Waals surface area (Å²) in [4.78, 5) is 3.83. The van der Waals surface area contributed by atoms with Crippen molar-refractivity contribution in [1.29, 1.82) is 0 Å². The van der Waals surface area contributed by atoms with E-state index in [4.69, 9.17) is 0 Å². The predicted molar refractivity (Wildman–Crippen MR) is 64.0 cm³/mol. The quantitative estimate of drug-likeness (QED) is 0.741. The lowest BCUT2D eigenvalue weighted by Gasteiger charge is -2.08. The molecule has 7 heteroatoms. The third-order valence-corrected chi connectivity index (χ3v) is 3.84. The molecule has 0 aromatic carbocycles. The second kappa shape index (κ2) is 6.13. The molecule has 0 aliphatic carbocycles. The fourth-order valence-electron chi connectivity index (χ4n) is 1.29. The monoisotopic (exact) mass is 261 g/mol. The van der Waals surface area contributed by atoms with Gasteiger partial charge in [0.2, 0.25) is 0 Å². The van der Waals surface area contributed by atoms with Gasteiger partial charge in [-0.05, 0) is 19.8 Å². The van der Waals surface area contributed by atoms with Gasteiger partial charge in [0.05, 0.1) is 12.4 Å². The summed E-state index contributed by atoms with van der Waals surface area (Å²) in [5, 5.41) is 9.33. The fraction of sp³-hybridized carbons (Fsp3) is 0.700. The van der Waals surface area contributed by atoms with Gasteiger partial charge in [-0.25, -0.2) is 18.1 Å². The van der Waals surface area contributed by atoms with E-state index in [1.807, 2.05) is 13.8 Å². The Labute approximate surface area is 102 Å². The molecule has 0 bridgehead atoms. The van der Waals surface area contributed by atoms with Gasteiger partial charge < -0.3 is 9.67 Å². The minimum atomic E-state index is -3.55. The first kappa shape index (κ1) is 14.1. The Morgan fingerprint density at radius 3 is 2.76 bits per heavy atom. The standard InChI is InChI=1S/C10H19N3O3S/c1-3-9(14)5-6-12-17(15,16)10-7-13(4-2)8-11-10/h7-9,12,14H,3-6H2,1-2H3. The Bertz CT molecular complexity index is 441. The molecular weight excluding hydrogens is 242 g/mol. The molecule has 1 rings (SSSR count). The highest BCUT2D eigenvalue weighted by atomic mass is 32.2. The lowest BCUT2D eigenvalue weighted by molar-refractivity contribution is 0.162. The van der Waals surface area contributed by atoms with E-state index in [-0.39, 0.29) is 11.6 Å². The van der Waals surface area contributed by atoms with Crippen molar-refractivity contribution in [3.63, 3.8) is 0 Å². The van der Waals surface area contributed by atoms with E-state index < -0.39 is 16.1 Å². The number of imidazole rings is 1. The first-order chi connectivity index (χ1) is 7.99. The molecule has 1 unspecified atom stereocenters. The number of rotatable bonds is 7. The van der Waals surface area contributed by atoms with Gasteiger partial charge in [0.1, 0.15) is 0 Å². The smallest absolute Gasteiger partial charge is 0.259 e. The third-order valence-electron chi connectivity index (χ3n) is 2.49. The molecule has 0 saturated carbocycles. The molecule has 0 aliphatic rings. The van der Waals surface area contributed by atoms with E-state index >= 15 is 0 Å². The van der Waals surface area contributed by atoms with E-state index in [0.29, 0.717) is 19.4 Å². The van der Waals surface area contributed by atoms with Crippen LogP contribution in [-0.4, -0.2) is 35.7 Å². The van der Waals surface area contributed by atoms with Crippen LogP contribution >= 0.6 is 0 Å². The van der Waals surface area contributed by atoms with E-state index in [2.05, 4.69) is 9.71 Å². The highest BCUT2D eigenvalue weighted by Gasteiger charge is 2.16. The van der Waals surface area contributed by atoms with Crippen LogP contribution in [0, 0.1) is 0 Å². The zero-order valence-corrected chi connectivity index (χ0v) is 10.9. The maximum atomic E-state index is 11.8. The number of aliphatic hydroxyl groups is 1. The Morgan fingerprint density at radius 1 is 1.53 bits per heavy atom. The summed E-state index contributed by atoms with van der Waals surface area (Å²) in [5.74, 6) is 0. The van der Waals surface area contributed by atoms with Crippen LogP contribution in [0.4, 0.5) is 0 Å². The van der Waals surface area contributed by atoms with Gasteiger partial charge in [-0.3, -0.25) is 0 Å². The van der Waals surface area contributed by atoms with Crippen molar-refractivity contribution in [2.75, 3.05) is 6.54 Å². The predicted octanol–water partition coefficient (Wildman–Crippen LogP) is 0.342. The molecular formula is C10H19N3O3S. The molecule has 0 aliphatic heterocycles. The molecule has 6 nitrogen and oxygen atoms in total. The zero-order chi connectivity index (χ0) is 12.9. The van der Waals surface area contributed by atoms with Gasteiger partial charge in [0, 0.05) is 19.3 Å². The summed E-state index contributed by atoms with van der Waals surface area (Å²) in [6, 6.07) is 0. The summed E-state index contributed by atoms with van der Waals surface area (Å²) < 4.78 is 27.6. The minimum absolute atomic E-state index is 0.0188. The largest absolute Gasteiger partial charge is 0.393 e. The summed E-state index contributed by atoms with van der Waals surface area (Å²) in [6.07, 6.45) is 3.52. The number of nitrogens with one attached hydrogen (secondary N) is 1. The van der Waals surface area contributed by atoms with Crippen LogP contribution in [0.1, 0.15) is 26.7 Å². The van der Waals surface area contributed by atoms with Crippen molar-refractivity contribution in [2.24, 2.45) is 0 Å².